The molecule has 4 heterocycles. The number of fused-ring (bicyclic) bond motifs is 11. The molecule has 462 valence electrons. The Morgan fingerprint density at radius 2 is 1.00 bits per heavy atom. The van der Waals surface area contributed by atoms with Crippen molar-refractivity contribution in [2.45, 2.75) is 52.4 Å². The number of para-hydroxylation sites is 3. The average Bonchev–Trinajstić information content (AvgIpc) is 1.14. The molecule has 97 heavy (non-hydrogen) atoms. The molecule has 13 aromatic carbocycles. The van der Waals surface area contributed by atoms with E-state index in [2.05, 4.69) is 255 Å². The van der Waals surface area contributed by atoms with Gasteiger partial charge in [0, 0.05) is 93.3 Å². The van der Waals surface area contributed by atoms with Crippen molar-refractivity contribution < 1.29 is 6.85 Å². The summed E-state index contributed by atoms with van der Waals surface area (Å²) < 4.78 is 51.2. The number of thiophene rings is 1. The highest BCUT2D eigenvalue weighted by Crippen LogP contribution is 2.53. The molecule has 7 nitrogen and oxygen atoms in total. The van der Waals surface area contributed by atoms with Crippen molar-refractivity contribution in [2.75, 3.05) is 20.0 Å². The third kappa shape index (κ3) is 9.84. The van der Waals surface area contributed by atoms with Gasteiger partial charge in [-0.3, -0.25) is 0 Å². The maximum Gasteiger partial charge on any atom is 0.253 e. The molecule has 0 bridgehead atoms. The smallest absolute Gasteiger partial charge is 0.253 e. The van der Waals surface area contributed by atoms with Gasteiger partial charge < -0.3 is 24.6 Å². The van der Waals surface area contributed by atoms with Crippen molar-refractivity contribution in [3.63, 3.8) is 0 Å². The number of benzene rings is 13. The second kappa shape index (κ2) is 23.0. The van der Waals surface area contributed by atoms with Gasteiger partial charge in [0.1, 0.15) is 0 Å². The minimum atomic E-state index is -0.504. The van der Waals surface area contributed by atoms with Crippen LogP contribution in [0.15, 0.2) is 285 Å². The molecule has 0 atom stereocenters. The Hall–Kier alpha value is -11.9. The maximum absolute atomic E-state index is 10.2. The third-order valence-electron chi connectivity index (χ3n) is 19.4. The molecule has 0 fully saturated rings. The Balaban J connectivity index is 1.05. The topological polar surface area (TPSA) is 74.3 Å². The highest BCUT2D eigenvalue weighted by Gasteiger charge is 2.45. The third-order valence-corrected chi connectivity index (χ3v) is 20.6. The van der Waals surface area contributed by atoms with Crippen molar-refractivity contribution >= 4 is 139 Å². The molecule has 0 spiro atoms. The van der Waals surface area contributed by atoms with Gasteiger partial charge in [0.05, 0.1) is 58.2 Å². The van der Waals surface area contributed by atoms with Crippen LogP contribution in [0.4, 0.5) is 62.6 Å². The van der Waals surface area contributed by atoms with Gasteiger partial charge in [-0.25, -0.2) is 0 Å². The van der Waals surface area contributed by atoms with Crippen LogP contribution in [0, 0.1) is 22.7 Å². The van der Waals surface area contributed by atoms with E-state index in [-0.39, 0.29) is 28.6 Å². The molecule has 0 aliphatic carbocycles. The highest BCUT2D eigenvalue weighted by atomic mass is 32.1. The van der Waals surface area contributed by atoms with Crippen LogP contribution in [-0.4, -0.2) is 11.3 Å². The lowest BCUT2D eigenvalue weighted by atomic mass is 9.33. The van der Waals surface area contributed by atoms with Gasteiger partial charge in [0.25, 0.3) is 6.71 Å². The van der Waals surface area contributed by atoms with Gasteiger partial charge in [0.2, 0.25) is 0 Å². The number of hydrogen-bond donors (Lipinski definition) is 1. The van der Waals surface area contributed by atoms with E-state index in [4.69, 9.17) is 1.37 Å². The van der Waals surface area contributed by atoms with Gasteiger partial charge in [-0.05, 0) is 183 Å². The summed E-state index contributed by atoms with van der Waals surface area (Å²) in [6, 6.07) is 91.1. The van der Waals surface area contributed by atoms with Crippen molar-refractivity contribution in [1.82, 2.24) is 4.57 Å². The Morgan fingerprint density at radius 1 is 0.464 bits per heavy atom. The van der Waals surface area contributed by atoms with Crippen LogP contribution in [0.5, 0.6) is 0 Å². The zero-order valence-electron chi connectivity index (χ0n) is 59.4. The Kier molecular flexibility index (Phi) is 12.7. The summed E-state index contributed by atoms with van der Waals surface area (Å²) in [6.07, 6.45) is 0. The second-order valence-corrected chi connectivity index (χ2v) is 28.3. The SMILES string of the molecule is [2H]c1c([2H])c([2H])c(N(c2ccc(C#N)cc2)c2ccc3c(c2)N(c2c(-c4ccccc4)cccc2-c2ccccc2)c2cc(-n4c5ccc(C(C)(C)C)cc5c5cc(C(C)(C)C)ccc54)cc4c2B3c2c(cc(N(c3ccccc3)c3ccc(C#N)cc3)c3c2sc2ccccc23)N4)c([2H])c1[2H]. The number of nitriles is 2. The fraction of sp³-hybridized carbons (Fsp3) is 0.0909. The quantitative estimate of drug-likeness (QED) is 0.138. The van der Waals surface area contributed by atoms with E-state index in [1.807, 2.05) is 48.5 Å². The summed E-state index contributed by atoms with van der Waals surface area (Å²) in [6.45, 7) is 13.1. The van der Waals surface area contributed by atoms with E-state index in [1.165, 1.54) is 11.1 Å². The van der Waals surface area contributed by atoms with E-state index in [0.29, 0.717) is 22.5 Å². The Morgan fingerprint density at radius 3 is 1.59 bits per heavy atom. The van der Waals surface area contributed by atoms with Crippen LogP contribution in [0.1, 0.15) is 70.7 Å². The normalized spacial score (nSPS) is 13.2. The molecule has 17 rings (SSSR count). The minimum absolute atomic E-state index is 0.0415. The van der Waals surface area contributed by atoms with Crippen LogP contribution in [0.3, 0.4) is 0 Å². The largest absolute Gasteiger partial charge is 0.356 e. The molecule has 0 unspecified atom stereocenters. The lowest BCUT2D eigenvalue weighted by molar-refractivity contribution is 0.590. The number of rotatable bonds is 10. The molecule has 2 aliphatic rings. The first-order valence-corrected chi connectivity index (χ1v) is 33.6. The Bertz CT molecular complexity index is 5890. The minimum Gasteiger partial charge on any atom is -0.356 e. The van der Waals surface area contributed by atoms with Crippen LogP contribution >= 0.6 is 11.3 Å². The molecule has 0 saturated heterocycles. The van der Waals surface area contributed by atoms with Crippen molar-refractivity contribution in [3.05, 3.63) is 307 Å². The lowest BCUT2D eigenvalue weighted by Crippen LogP contribution is -2.60. The summed E-state index contributed by atoms with van der Waals surface area (Å²) in [5.41, 5.74) is 21.3. The van der Waals surface area contributed by atoms with Gasteiger partial charge in [-0.2, -0.15) is 10.5 Å². The first-order chi connectivity index (χ1) is 49.4. The molecule has 0 radical (unpaired) electrons. The number of anilines is 11. The van der Waals surface area contributed by atoms with Crippen LogP contribution in [0.25, 0.3) is 69.9 Å². The van der Waals surface area contributed by atoms with Gasteiger partial charge in [0.15, 0.2) is 0 Å². The van der Waals surface area contributed by atoms with Crippen molar-refractivity contribution in [1.29, 1.82) is 10.5 Å². The van der Waals surface area contributed by atoms with Crippen LogP contribution in [-0.2, 0) is 10.8 Å². The van der Waals surface area contributed by atoms with Gasteiger partial charge in [-0.1, -0.05) is 193 Å². The highest BCUT2D eigenvalue weighted by molar-refractivity contribution is 7.28. The summed E-state index contributed by atoms with van der Waals surface area (Å²) in [4.78, 5) is 6.50. The molecule has 0 amide bonds. The molecule has 9 heteroatoms. The number of hydrogen-bond acceptors (Lipinski definition) is 7. The maximum atomic E-state index is 10.2. The van der Waals surface area contributed by atoms with Crippen LogP contribution < -0.4 is 36.4 Å². The van der Waals surface area contributed by atoms with E-state index in [1.54, 1.807) is 40.5 Å². The van der Waals surface area contributed by atoms with Crippen molar-refractivity contribution in [2.24, 2.45) is 0 Å². The van der Waals surface area contributed by atoms with Crippen molar-refractivity contribution in [3.8, 4) is 40.1 Å². The van der Waals surface area contributed by atoms with E-state index in [0.717, 1.165) is 132 Å². The Labute approximate surface area is 577 Å². The monoisotopic (exact) mass is 1270 g/mol. The first-order valence-electron chi connectivity index (χ1n) is 35.3. The molecule has 15 aromatic rings. The fourth-order valence-corrected chi connectivity index (χ4v) is 16.0. The number of nitrogens with one attached hydrogen (secondary N) is 1. The summed E-state index contributed by atoms with van der Waals surface area (Å²) in [5.74, 6) is 0. The summed E-state index contributed by atoms with van der Waals surface area (Å²) in [5, 5.41) is 29.1. The molecular weight excluding hydrogens is 1200 g/mol. The average molecular weight is 1270 g/mol. The molecule has 2 aromatic heterocycles. The number of aromatic nitrogens is 1. The lowest BCUT2D eigenvalue weighted by Gasteiger charge is -2.43. The van der Waals surface area contributed by atoms with Gasteiger partial charge in [-0.15, -0.1) is 11.3 Å². The van der Waals surface area contributed by atoms with Crippen LogP contribution in [0.2, 0.25) is 0 Å². The first kappa shape index (κ1) is 53.5. The fourth-order valence-electron chi connectivity index (χ4n) is 14.7. The summed E-state index contributed by atoms with van der Waals surface area (Å²) >= 11 is 1.77. The standard InChI is InChI=1S/C88H66BN7S/c1-87(2,3)60-38-46-76-71(48-60)72-49-61(88(4,5)6)39-47-77(72)95(76)67-50-74-83-80(52-67)96(85-68(58-22-11-7-12-23-58)31-21-32-69(85)59-24-13-8-14-25-59)78-51-66(93(62-26-15-9-16-27-62)64-40-34-56(54-90)35-41-64)44-45-73(78)89(83)84-75(92-74)53-79(82-70-30-19-20-33-81(70)97-86(82)84)94(63-28-17-10-18-29-63)65-42-36-57(55-91)37-43-65/h7-53,92H,1-6H3/i9D,15D,16D,26D,27D. The van der Waals surface area contributed by atoms with E-state index < -0.39 is 24.8 Å². The zero-order chi connectivity index (χ0) is 70.2. The van der Waals surface area contributed by atoms with E-state index >= 15 is 0 Å². The molecule has 1 N–H and O–H groups in total. The second-order valence-electron chi connectivity index (χ2n) is 27.3. The summed E-state index contributed by atoms with van der Waals surface area (Å²) in [7, 11) is 0. The predicted molar refractivity (Wildman–Crippen MR) is 410 cm³/mol. The molecule has 0 saturated carbocycles. The van der Waals surface area contributed by atoms with E-state index in [9.17, 15) is 16.0 Å². The zero-order valence-corrected chi connectivity index (χ0v) is 55.2. The molecule has 2 aliphatic heterocycles. The van der Waals surface area contributed by atoms with Gasteiger partial charge >= 0.3 is 0 Å². The molecular formula is C88H66BN7S. The predicted octanol–water partition coefficient (Wildman–Crippen LogP) is 22.1. The number of nitrogens with zero attached hydrogens (tertiary/aromatic N) is 6.